The Morgan fingerprint density at radius 1 is 1.25 bits per heavy atom. The lowest BCUT2D eigenvalue weighted by molar-refractivity contribution is 0.0639. The van der Waals surface area contributed by atoms with Crippen molar-refractivity contribution >= 4 is 0 Å². The summed E-state index contributed by atoms with van der Waals surface area (Å²) < 4.78 is 5.35. The van der Waals surface area contributed by atoms with Gasteiger partial charge in [-0.2, -0.15) is 0 Å². The Hall–Kier alpha value is -0.120. The highest BCUT2D eigenvalue weighted by molar-refractivity contribution is 4.71. The van der Waals surface area contributed by atoms with Crippen molar-refractivity contribution < 1.29 is 4.74 Å². The maximum absolute atomic E-state index is 5.70. The summed E-state index contributed by atoms with van der Waals surface area (Å²) in [6.07, 6.45) is 4.95. The van der Waals surface area contributed by atoms with Crippen molar-refractivity contribution in [3.8, 4) is 0 Å². The van der Waals surface area contributed by atoms with Crippen molar-refractivity contribution in [1.29, 1.82) is 0 Å². The molecule has 3 nitrogen and oxygen atoms in total. The number of hydrogen-bond donors (Lipinski definition) is 2. The molecule has 0 amide bonds. The maximum Gasteiger partial charge on any atom is 0.0468 e. The summed E-state index contributed by atoms with van der Waals surface area (Å²) in [5, 5.41) is 3.53. The first kappa shape index (κ1) is 13.9. The van der Waals surface area contributed by atoms with Crippen LogP contribution < -0.4 is 11.1 Å². The molecule has 3 heteroatoms. The lowest BCUT2D eigenvalue weighted by Crippen LogP contribution is -2.30. The monoisotopic (exact) mass is 228 g/mol. The number of nitrogens with two attached hydrogens (primary N) is 1. The third-order valence-corrected chi connectivity index (χ3v) is 3.60. The van der Waals surface area contributed by atoms with Crippen molar-refractivity contribution in [2.45, 2.75) is 39.5 Å². The number of nitrogens with one attached hydrogen (secondary N) is 1. The van der Waals surface area contributed by atoms with Crippen LogP contribution in [0.25, 0.3) is 0 Å². The topological polar surface area (TPSA) is 47.3 Å². The molecule has 16 heavy (non-hydrogen) atoms. The van der Waals surface area contributed by atoms with E-state index in [0.717, 1.165) is 45.2 Å². The van der Waals surface area contributed by atoms with Gasteiger partial charge in [-0.1, -0.05) is 13.8 Å². The van der Waals surface area contributed by atoms with E-state index in [-0.39, 0.29) is 5.41 Å². The lowest BCUT2D eigenvalue weighted by atomic mass is 9.89. The molecule has 1 rings (SSSR count). The number of rotatable bonds is 7. The van der Waals surface area contributed by atoms with E-state index < -0.39 is 0 Å². The Labute approximate surface area is 100 Å². The summed E-state index contributed by atoms with van der Waals surface area (Å²) in [4.78, 5) is 0. The second-order valence-electron chi connectivity index (χ2n) is 5.71. The summed E-state index contributed by atoms with van der Waals surface area (Å²) in [6, 6.07) is 0. The lowest BCUT2D eigenvalue weighted by Gasteiger charge is -2.24. The molecular formula is C13H28N2O. The van der Waals surface area contributed by atoms with Crippen LogP contribution in [0.3, 0.4) is 0 Å². The van der Waals surface area contributed by atoms with Crippen LogP contribution in [-0.4, -0.2) is 32.8 Å². The van der Waals surface area contributed by atoms with Crippen molar-refractivity contribution in [3.63, 3.8) is 0 Å². The molecular weight excluding hydrogens is 200 g/mol. The third-order valence-electron chi connectivity index (χ3n) is 3.60. The van der Waals surface area contributed by atoms with E-state index in [1.165, 1.54) is 19.3 Å². The van der Waals surface area contributed by atoms with Gasteiger partial charge in [0.25, 0.3) is 0 Å². The van der Waals surface area contributed by atoms with Crippen molar-refractivity contribution in [2.24, 2.45) is 17.1 Å². The molecule has 0 radical (unpaired) electrons. The van der Waals surface area contributed by atoms with Crippen LogP contribution in [-0.2, 0) is 4.74 Å². The van der Waals surface area contributed by atoms with Crippen LogP contribution in [0.5, 0.6) is 0 Å². The van der Waals surface area contributed by atoms with Crippen LogP contribution in [0, 0.1) is 11.3 Å². The normalized spacial score (nSPS) is 18.9. The first-order chi connectivity index (χ1) is 7.64. The summed E-state index contributed by atoms with van der Waals surface area (Å²) in [7, 11) is 0. The average molecular weight is 228 g/mol. The Bertz CT molecular complexity index is 177. The quantitative estimate of drug-likeness (QED) is 0.653. The summed E-state index contributed by atoms with van der Waals surface area (Å²) in [5.74, 6) is 0.878. The Morgan fingerprint density at radius 3 is 2.56 bits per heavy atom. The number of hydrogen-bond acceptors (Lipinski definition) is 3. The minimum absolute atomic E-state index is 0.283. The summed E-state index contributed by atoms with van der Waals surface area (Å²) >= 11 is 0. The minimum Gasteiger partial charge on any atom is -0.381 e. The van der Waals surface area contributed by atoms with Gasteiger partial charge in [-0.05, 0) is 56.7 Å². The third kappa shape index (κ3) is 5.83. The number of ether oxygens (including phenoxy) is 1. The maximum atomic E-state index is 5.70. The summed E-state index contributed by atoms with van der Waals surface area (Å²) in [5.41, 5.74) is 5.98. The highest BCUT2D eigenvalue weighted by Crippen LogP contribution is 2.18. The van der Waals surface area contributed by atoms with E-state index in [9.17, 15) is 0 Å². The van der Waals surface area contributed by atoms with Gasteiger partial charge in [0, 0.05) is 13.2 Å². The van der Waals surface area contributed by atoms with Gasteiger partial charge in [-0.25, -0.2) is 0 Å². The molecule has 1 fully saturated rings. The van der Waals surface area contributed by atoms with E-state index in [0.29, 0.717) is 0 Å². The SMILES string of the molecule is CC(C)(CN)CCNCCC1CCOCC1. The van der Waals surface area contributed by atoms with Gasteiger partial charge in [-0.3, -0.25) is 0 Å². The van der Waals surface area contributed by atoms with Crippen LogP contribution in [0.2, 0.25) is 0 Å². The van der Waals surface area contributed by atoms with E-state index in [1.807, 2.05) is 0 Å². The van der Waals surface area contributed by atoms with E-state index >= 15 is 0 Å². The van der Waals surface area contributed by atoms with Gasteiger partial charge in [0.05, 0.1) is 0 Å². The molecule has 1 heterocycles. The smallest absolute Gasteiger partial charge is 0.0468 e. The second-order valence-corrected chi connectivity index (χ2v) is 5.71. The van der Waals surface area contributed by atoms with Gasteiger partial charge in [0.15, 0.2) is 0 Å². The van der Waals surface area contributed by atoms with E-state index in [2.05, 4.69) is 19.2 Å². The minimum atomic E-state index is 0.283. The van der Waals surface area contributed by atoms with Crippen molar-refractivity contribution in [3.05, 3.63) is 0 Å². The van der Waals surface area contributed by atoms with Gasteiger partial charge in [0.2, 0.25) is 0 Å². The molecule has 0 aromatic heterocycles. The van der Waals surface area contributed by atoms with Crippen LogP contribution in [0.4, 0.5) is 0 Å². The fourth-order valence-electron chi connectivity index (χ4n) is 2.00. The highest BCUT2D eigenvalue weighted by Gasteiger charge is 2.15. The Balaban J connectivity index is 1.95. The molecule has 0 unspecified atom stereocenters. The van der Waals surface area contributed by atoms with E-state index in [1.54, 1.807) is 0 Å². The predicted octanol–water partition coefficient (Wildman–Crippen LogP) is 1.77. The van der Waals surface area contributed by atoms with Crippen LogP contribution in [0.15, 0.2) is 0 Å². The molecule has 3 N–H and O–H groups in total. The summed E-state index contributed by atoms with van der Waals surface area (Å²) in [6.45, 7) is 9.39. The second kappa shape index (κ2) is 7.25. The van der Waals surface area contributed by atoms with Gasteiger partial charge in [-0.15, -0.1) is 0 Å². The molecule has 0 atom stereocenters. The molecule has 0 aromatic rings. The Morgan fingerprint density at radius 2 is 1.94 bits per heavy atom. The zero-order chi connectivity index (χ0) is 11.9. The van der Waals surface area contributed by atoms with Crippen molar-refractivity contribution in [1.82, 2.24) is 5.32 Å². The molecule has 0 aliphatic carbocycles. The predicted molar refractivity (Wildman–Crippen MR) is 68.5 cm³/mol. The fraction of sp³-hybridized carbons (Fsp3) is 1.00. The van der Waals surface area contributed by atoms with Gasteiger partial charge < -0.3 is 15.8 Å². The molecule has 96 valence electrons. The fourth-order valence-corrected chi connectivity index (χ4v) is 2.00. The zero-order valence-corrected chi connectivity index (χ0v) is 10.9. The molecule has 1 aliphatic rings. The largest absolute Gasteiger partial charge is 0.381 e. The van der Waals surface area contributed by atoms with Gasteiger partial charge >= 0.3 is 0 Å². The molecule has 0 bridgehead atoms. The molecule has 1 aliphatic heterocycles. The standard InChI is InChI=1S/C13H28N2O/c1-13(2,11-14)6-8-15-7-3-12-4-9-16-10-5-12/h12,15H,3-11,14H2,1-2H3. The van der Waals surface area contributed by atoms with Gasteiger partial charge in [0.1, 0.15) is 0 Å². The molecule has 1 saturated heterocycles. The van der Waals surface area contributed by atoms with Crippen molar-refractivity contribution in [2.75, 3.05) is 32.8 Å². The van der Waals surface area contributed by atoms with Crippen LogP contribution >= 0.6 is 0 Å². The Kier molecular flexibility index (Phi) is 6.32. The van der Waals surface area contributed by atoms with E-state index in [4.69, 9.17) is 10.5 Å². The van der Waals surface area contributed by atoms with Crippen LogP contribution in [0.1, 0.15) is 39.5 Å². The average Bonchev–Trinajstić information content (AvgIpc) is 2.30. The molecule has 0 spiro atoms. The highest BCUT2D eigenvalue weighted by atomic mass is 16.5. The zero-order valence-electron chi connectivity index (χ0n) is 10.9. The molecule has 0 saturated carbocycles. The molecule has 0 aromatic carbocycles. The first-order valence-electron chi connectivity index (χ1n) is 6.62. The first-order valence-corrected chi connectivity index (χ1v) is 6.62.